The molecular formula is C28H60O6S10Si2. The van der Waals surface area contributed by atoms with E-state index in [4.69, 9.17) is 26.6 Å². The van der Waals surface area contributed by atoms with Gasteiger partial charge in [-0.15, -0.1) is 0 Å². The van der Waals surface area contributed by atoms with Crippen LogP contribution in [0, 0.1) is 5.41 Å². The van der Waals surface area contributed by atoms with E-state index >= 15 is 0 Å². The number of hydrogen-bond donors (Lipinski definition) is 0. The lowest BCUT2D eigenvalue weighted by molar-refractivity contribution is 0.0704. The Bertz CT molecular complexity index is 611. The van der Waals surface area contributed by atoms with Gasteiger partial charge in [0.1, 0.15) is 0 Å². The molecule has 0 amide bonds. The third-order valence-electron chi connectivity index (χ3n) is 7.26. The van der Waals surface area contributed by atoms with Crippen LogP contribution in [0.1, 0.15) is 99.3 Å². The number of rotatable bonds is 34. The monoisotopic (exact) mass is 868 g/mol. The Morgan fingerprint density at radius 1 is 0.435 bits per heavy atom. The smallest absolute Gasteiger partial charge is 0.374 e. The first kappa shape index (κ1) is 47.7. The van der Waals surface area contributed by atoms with E-state index in [0.717, 1.165) is 36.4 Å². The normalized spacial score (nSPS) is 15.5. The summed E-state index contributed by atoms with van der Waals surface area (Å²) in [6.07, 6.45) is 12.0. The lowest BCUT2D eigenvalue weighted by Crippen LogP contribution is -2.46. The van der Waals surface area contributed by atoms with Crippen molar-refractivity contribution in [2.24, 2.45) is 5.41 Å². The van der Waals surface area contributed by atoms with Gasteiger partial charge in [-0.25, -0.2) is 0 Å². The van der Waals surface area contributed by atoms with Crippen LogP contribution in [0.5, 0.6) is 0 Å². The van der Waals surface area contributed by atoms with Crippen LogP contribution < -0.4 is 0 Å². The maximum absolute atomic E-state index is 5.98. The molecule has 1 rings (SSSR count). The van der Waals surface area contributed by atoms with Crippen LogP contribution in [0.4, 0.5) is 0 Å². The summed E-state index contributed by atoms with van der Waals surface area (Å²) in [6, 6.07) is 1.81. The molecule has 1 aliphatic rings. The van der Waals surface area contributed by atoms with E-state index in [9.17, 15) is 0 Å². The zero-order chi connectivity index (χ0) is 33.7. The SMILES string of the molecule is CCO[Si](CCCSSSSSCCC1(CCSSSSSCCC[Si](OCC)(OCC)OCC)CCCCC1)(OCC)OCC. The molecule has 0 aromatic carbocycles. The van der Waals surface area contributed by atoms with Crippen LogP contribution in [0.2, 0.25) is 12.1 Å². The summed E-state index contributed by atoms with van der Waals surface area (Å²) in [5.74, 6) is 4.71. The minimum absolute atomic E-state index is 0.564. The highest BCUT2D eigenvalue weighted by Gasteiger charge is 2.40. The van der Waals surface area contributed by atoms with Gasteiger partial charge < -0.3 is 26.6 Å². The first-order valence-electron chi connectivity index (χ1n) is 16.8. The van der Waals surface area contributed by atoms with Gasteiger partial charge in [0.25, 0.3) is 0 Å². The molecule has 0 aromatic rings. The molecule has 0 bridgehead atoms. The Labute approximate surface area is 322 Å². The van der Waals surface area contributed by atoms with Crippen LogP contribution in [0.25, 0.3) is 0 Å². The molecule has 0 aliphatic heterocycles. The van der Waals surface area contributed by atoms with Gasteiger partial charge in [0, 0.05) is 74.7 Å². The van der Waals surface area contributed by atoms with E-state index in [1.165, 1.54) is 56.5 Å². The summed E-state index contributed by atoms with van der Waals surface area (Å²) in [6.45, 7) is 16.1. The van der Waals surface area contributed by atoms with Crippen molar-refractivity contribution in [3.63, 3.8) is 0 Å². The second-order valence-electron chi connectivity index (χ2n) is 10.4. The van der Waals surface area contributed by atoms with Gasteiger partial charge >= 0.3 is 17.6 Å². The minimum Gasteiger partial charge on any atom is -0.374 e. The summed E-state index contributed by atoms with van der Waals surface area (Å²) in [5.41, 5.74) is 0.564. The average molecular weight is 870 g/mol. The van der Waals surface area contributed by atoms with Crippen molar-refractivity contribution in [3.8, 4) is 0 Å². The fourth-order valence-corrected chi connectivity index (χ4v) is 29.2. The van der Waals surface area contributed by atoms with Gasteiger partial charge in [0.15, 0.2) is 0 Å². The molecule has 276 valence electrons. The minimum atomic E-state index is -2.50. The van der Waals surface area contributed by atoms with Gasteiger partial charge in [-0.3, -0.25) is 0 Å². The molecule has 0 unspecified atom stereocenters. The molecule has 1 fully saturated rings. The third kappa shape index (κ3) is 22.7. The van der Waals surface area contributed by atoms with Crippen LogP contribution in [-0.2, 0) is 26.6 Å². The second-order valence-corrected chi connectivity index (χ2v) is 31.9. The van der Waals surface area contributed by atoms with E-state index < -0.39 is 17.6 Å². The highest BCUT2D eigenvalue weighted by Crippen LogP contribution is 2.52. The molecule has 0 heterocycles. The highest BCUT2D eigenvalue weighted by molar-refractivity contribution is 9.36. The Morgan fingerprint density at radius 2 is 0.761 bits per heavy atom. The standard InChI is InChI=1S/C28H60O6S10Si2/c1-7-29-45(30-8-2,31-9-3)26-16-22-35-39-43-41-37-24-20-28(18-14-13-15-19-28)21-25-38-42-44-40-36-23-17-27-46(32-10-4,33-11-5)34-12-6/h7-27H2,1-6H3. The fraction of sp³-hybridized carbons (Fsp3) is 1.00. The maximum Gasteiger partial charge on any atom is 0.500 e. The predicted octanol–water partition coefficient (Wildman–Crippen LogP) is 13.2. The average Bonchev–Trinajstić information content (AvgIpc) is 3.04. The molecule has 0 atom stereocenters. The van der Waals surface area contributed by atoms with Crippen molar-refractivity contribution < 1.29 is 26.6 Å². The molecule has 1 saturated carbocycles. The molecule has 0 aromatic heterocycles. The van der Waals surface area contributed by atoms with E-state index in [1.54, 1.807) is 0 Å². The maximum atomic E-state index is 5.98. The highest BCUT2D eigenvalue weighted by atomic mass is 33.8. The van der Waals surface area contributed by atoms with E-state index in [0.29, 0.717) is 45.1 Å². The van der Waals surface area contributed by atoms with E-state index in [-0.39, 0.29) is 0 Å². The predicted molar refractivity (Wildman–Crippen MR) is 230 cm³/mol. The summed E-state index contributed by atoms with van der Waals surface area (Å²) < 4.78 is 35.9. The Morgan fingerprint density at radius 3 is 1.09 bits per heavy atom. The third-order valence-corrected chi connectivity index (χ3v) is 31.1. The second kappa shape index (κ2) is 32.2. The Kier molecular flexibility index (Phi) is 33.4. The van der Waals surface area contributed by atoms with Crippen molar-refractivity contribution in [2.45, 2.75) is 111 Å². The van der Waals surface area contributed by atoms with Crippen molar-refractivity contribution in [1.82, 2.24) is 0 Å². The molecule has 0 spiro atoms. The molecule has 0 saturated heterocycles. The van der Waals surface area contributed by atoms with E-state index in [1.807, 2.05) is 144 Å². The van der Waals surface area contributed by atoms with Crippen molar-refractivity contribution in [2.75, 3.05) is 62.7 Å². The van der Waals surface area contributed by atoms with Gasteiger partial charge in [-0.2, -0.15) is 0 Å². The Hall–Kier alpha value is 3.69. The first-order chi connectivity index (χ1) is 22.5. The van der Waals surface area contributed by atoms with Gasteiger partial charge in [0.05, 0.1) is 0 Å². The van der Waals surface area contributed by atoms with Crippen LogP contribution in [0.3, 0.4) is 0 Å². The van der Waals surface area contributed by atoms with Crippen LogP contribution in [-0.4, -0.2) is 80.3 Å². The summed E-state index contributed by atoms with van der Waals surface area (Å²) in [4.78, 5) is 0. The van der Waals surface area contributed by atoms with Gasteiger partial charge in [-0.1, -0.05) is 62.4 Å². The Balaban J connectivity index is 2.15. The first-order valence-corrected chi connectivity index (χ1v) is 33.6. The quantitative estimate of drug-likeness (QED) is 0.0350. The summed E-state index contributed by atoms with van der Waals surface area (Å²) in [7, 11) is 14.5. The lowest BCUT2D eigenvalue weighted by atomic mass is 9.70. The van der Waals surface area contributed by atoms with Crippen molar-refractivity contribution in [1.29, 1.82) is 0 Å². The van der Waals surface area contributed by atoms with Crippen LogP contribution in [0.15, 0.2) is 0 Å². The molecule has 0 N–H and O–H groups in total. The topological polar surface area (TPSA) is 55.4 Å². The summed E-state index contributed by atoms with van der Waals surface area (Å²) in [5, 5.41) is 0. The lowest BCUT2D eigenvalue weighted by Gasteiger charge is -2.37. The zero-order valence-electron chi connectivity index (χ0n) is 28.9. The van der Waals surface area contributed by atoms with Crippen LogP contribution >= 0.6 is 102 Å². The van der Waals surface area contributed by atoms with Crippen molar-refractivity contribution in [3.05, 3.63) is 0 Å². The van der Waals surface area contributed by atoms with Crippen molar-refractivity contribution >= 4 is 120 Å². The molecular weight excluding hydrogens is 809 g/mol. The van der Waals surface area contributed by atoms with Gasteiger partial charge in [-0.05, 0) is 144 Å². The summed E-state index contributed by atoms with van der Waals surface area (Å²) >= 11 is 0. The van der Waals surface area contributed by atoms with Gasteiger partial charge in [0.2, 0.25) is 0 Å². The largest absolute Gasteiger partial charge is 0.500 e. The van der Waals surface area contributed by atoms with E-state index in [2.05, 4.69) is 0 Å². The molecule has 46 heavy (non-hydrogen) atoms. The zero-order valence-corrected chi connectivity index (χ0v) is 39.0. The molecule has 0 radical (unpaired) electrons. The fourth-order valence-electron chi connectivity index (χ4n) is 5.38. The number of hydrogen-bond acceptors (Lipinski definition) is 16. The molecule has 1 aliphatic carbocycles. The molecule has 6 nitrogen and oxygen atoms in total. The molecule has 18 heteroatoms.